The highest BCUT2D eigenvalue weighted by Gasteiger charge is 2.20. The molecule has 0 amide bonds. The summed E-state index contributed by atoms with van der Waals surface area (Å²) in [5, 5.41) is 11.4. The molecule has 1 aromatic carbocycles. The van der Waals surface area contributed by atoms with E-state index in [0.717, 1.165) is 24.5 Å². The van der Waals surface area contributed by atoms with Crippen molar-refractivity contribution in [1.29, 1.82) is 0 Å². The molecule has 25 heavy (non-hydrogen) atoms. The molecule has 0 aliphatic heterocycles. The van der Waals surface area contributed by atoms with E-state index in [2.05, 4.69) is 20.0 Å². The quantitative estimate of drug-likeness (QED) is 0.691. The van der Waals surface area contributed by atoms with Crippen LogP contribution in [0.2, 0.25) is 0 Å². The first-order valence-corrected chi connectivity index (χ1v) is 9.47. The third kappa shape index (κ3) is 4.12. The second-order valence-electron chi connectivity index (χ2n) is 5.86. The lowest BCUT2D eigenvalue weighted by molar-refractivity contribution is 0.301. The van der Waals surface area contributed by atoms with Crippen LogP contribution in [0.15, 0.2) is 35.5 Å². The molecule has 0 radical (unpaired) electrons. The summed E-state index contributed by atoms with van der Waals surface area (Å²) in [6.07, 6.45) is 6.97. The van der Waals surface area contributed by atoms with Gasteiger partial charge in [-0.3, -0.25) is 0 Å². The fourth-order valence-electron chi connectivity index (χ4n) is 2.50. The fraction of sp³-hybridized carbons (Fsp3) is 0.375. The van der Waals surface area contributed by atoms with Crippen molar-refractivity contribution in [3.63, 3.8) is 0 Å². The maximum Gasteiger partial charge on any atom is 0.240 e. The van der Waals surface area contributed by atoms with Crippen LogP contribution in [-0.2, 0) is 10.0 Å². The summed E-state index contributed by atoms with van der Waals surface area (Å²) in [7, 11) is -3.86. The molecule has 1 heterocycles. The first-order chi connectivity index (χ1) is 12.0. The van der Waals surface area contributed by atoms with Crippen LogP contribution in [0.4, 0.5) is 16.0 Å². The highest BCUT2D eigenvalue weighted by molar-refractivity contribution is 7.89. The Hall–Kier alpha value is -2.10. The number of aliphatic hydroxyl groups excluding tert-OH is 1. The van der Waals surface area contributed by atoms with E-state index in [4.69, 9.17) is 5.11 Å². The molecule has 7 nitrogen and oxygen atoms in total. The van der Waals surface area contributed by atoms with Crippen LogP contribution < -0.4 is 10.0 Å². The summed E-state index contributed by atoms with van der Waals surface area (Å²) in [5.41, 5.74) is 1.16. The Morgan fingerprint density at radius 1 is 1.24 bits per heavy atom. The Balaban J connectivity index is 1.72. The molecule has 0 spiro atoms. The van der Waals surface area contributed by atoms with Crippen LogP contribution in [0.1, 0.15) is 30.7 Å². The summed E-state index contributed by atoms with van der Waals surface area (Å²) in [6, 6.07) is 3.49. The number of nitrogens with one attached hydrogen (secondary N) is 2. The average molecular weight is 366 g/mol. The zero-order valence-corrected chi connectivity index (χ0v) is 14.3. The van der Waals surface area contributed by atoms with Gasteiger partial charge in [-0.1, -0.05) is 6.42 Å². The van der Waals surface area contributed by atoms with Gasteiger partial charge in [0.2, 0.25) is 16.0 Å². The highest BCUT2D eigenvalue weighted by atomic mass is 32.2. The van der Waals surface area contributed by atoms with Gasteiger partial charge in [-0.2, -0.15) is 0 Å². The van der Waals surface area contributed by atoms with Crippen molar-refractivity contribution in [3.05, 3.63) is 42.0 Å². The number of halogens is 1. The van der Waals surface area contributed by atoms with E-state index in [0.29, 0.717) is 5.92 Å². The lowest BCUT2D eigenvalue weighted by Gasteiger charge is -2.24. The third-order valence-corrected chi connectivity index (χ3v) is 5.61. The number of aliphatic hydroxyl groups is 1. The number of hydrogen-bond acceptors (Lipinski definition) is 6. The van der Waals surface area contributed by atoms with Gasteiger partial charge in [-0.25, -0.2) is 27.5 Å². The second kappa shape index (κ2) is 7.42. The van der Waals surface area contributed by atoms with Gasteiger partial charge in [0.25, 0.3) is 0 Å². The van der Waals surface area contributed by atoms with E-state index >= 15 is 0 Å². The van der Waals surface area contributed by atoms with E-state index in [1.165, 1.54) is 18.6 Å². The second-order valence-corrected chi connectivity index (χ2v) is 7.62. The number of benzene rings is 1. The standard InChI is InChI=1S/C16H19FN4O3S/c17-14-8-13(25(23,24)20-6-7-22)4-5-15(14)21-16-18-9-12(10-19-16)11-2-1-3-11/h4-5,8-11,20,22H,1-3,6-7H2,(H,18,19,21). The maximum atomic E-state index is 14.2. The lowest BCUT2D eigenvalue weighted by Crippen LogP contribution is -2.26. The van der Waals surface area contributed by atoms with Crippen molar-refractivity contribution >= 4 is 21.7 Å². The van der Waals surface area contributed by atoms with Crippen molar-refractivity contribution in [2.24, 2.45) is 0 Å². The first kappa shape index (κ1) is 17.7. The van der Waals surface area contributed by atoms with Gasteiger partial charge in [0.15, 0.2) is 0 Å². The zero-order valence-electron chi connectivity index (χ0n) is 13.4. The van der Waals surface area contributed by atoms with Gasteiger partial charge in [-0.05, 0) is 42.5 Å². The first-order valence-electron chi connectivity index (χ1n) is 7.98. The van der Waals surface area contributed by atoms with E-state index in [9.17, 15) is 12.8 Å². The molecule has 0 atom stereocenters. The van der Waals surface area contributed by atoms with Gasteiger partial charge in [0.05, 0.1) is 17.2 Å². The van der Waals surface area contributed by atoms with Crippen molar-refractivity contribution in [2.45, 2.75) is 30.1 Å². The molecule has 0 unspecified atom stereocenters. The van der Waals surface area contributed by atoms with E-state index in [1.807, 2.05) is 0 Å². The van der Waals surface area contributed by atoms with Crippen LogP contribution in [-0.4, -0.2) is 36.6 Å². The molecule has 3 N–H and O–H groups in total. The molecule has 9 heteroatoms. The monoisotopic (exact) mass is 366 g/mol. The Labute approximate surface area is 145 Å². The molecular formula is C16H19FN4O3S. The largest absolute Gasteiger partial charge is 0.395 e. The molecule has 1 aromatic heterocycles. The SMILES string of the molecule is O=S(=O)(NCCO)c1ccc(Nc2ncc(C3CCC3)cn2)c(F)c1. The number of sulfonamides is 1. The van der Waals surface area contributed by atoms with Gasteiger partial charge >= 0.3 is 0 Å². The number of hydrogen-bond donors (Lipinski definition) is 3. The zero-order chi connectivity index (χ0) is 17.9. The maximum absolute atomic E-state index is 14.2. The van der Waals surface area contributed by atoms with Crippen LogP contribution in [0.3, 0.4) is 0 Å². The Bertz CT molecular complexity index is 839. The molecule has 3 rings (SSSR count). The minimum atomic E-state index is -3.86. The molecule has 1 fully saturated rings. The molecule has 2 aromatic rings. The Kier molecular flexibility index (Phi) is 5.26. The van der Waals surface area contributed by atoms with Gasteiger partial charge in [-0.15, -0.1) is 0 Å². The van der Waals surface area contributed by atoms with Gasteiger partial charge in [0.1, 0.15) is 5.82 Å². The summed E-state index contributed by atoms with van der Waals surface area (Å²) < 4.78 is 40.2. The third-order valence-electron chi connectivity index (χ3n) is 4.15. The van der Waals surface area contributed by atoms with Crippen molar-refractivity contribution in [1.82, 2.24) is 14.7 Å². The number of aromatic nitrogens is 2. The van der Waals surface area contributed by atoms with Crippen molar-refractivity contribution < 1.29 is 17.9 Å². The predicted octanol–water partition coefficient (Wildman–Crippen LogP) is 1.90. The fourth-order valence-corrected chi connectivity index (χ4v) is 3.54. The normalized spacial score (nSPS) is 15.0. The highest BCUT2D eigenvalue weighted by Crippen LogP contribution is 2.35. The Morgan fingerprint density at radius 3 is 2.52 bits per heavy atom. The molecule has 0 saturated heterocycles. The summed E-state index contributed by atoms with van der Waals surface area (Å²) in [6.45, 7) is -0.472. The smallest absolute Gasteiger partial charge is 0.240 e. The van der Waals surface area contributed by atoms with Gasteiger partial charge < -0.3 is 10.4 Å². The van der Waals surface area contributed by atoms with Gasteiger partial charge in [0, 0.05) is 18.9 Å². The van der Waals surface area contributed by atoms with Crippen LogP contribution >= 0.6 is 0 Å². The lowest BCUT2D eigenvalue weighted by atomic mass is 9.81. The van der Waals surface area contributed by atoms with Crippen molar-refractivity contribution in [2.75, 3.05) is 18.5 Å². The van der Waals surface area contributed by atoms with Crippen molar-refractivity contribution in [3.8, 4) is 0 Å². The number of rotatable bonds is 7. The topological polar surface area (TPSA) is 104 Å². The molecule has 1 aliphatic carbocycles. The summed E-state index contributed by atoms with van der Waals surface area (Å²) in [5.74, 6) is 0.0243. The minimum absolute atomic E-state index is 0.0810. The van der Waals surface area contributed by atoms with E-state index in [-0.39, 0.29) is 29.7 Å². The summed E-state index contributed by atoms with van der Waals surface area (Å²) >= 11 is 0. The average Bonchev–Trinajstić information content (AvgIpc) is 2.55. The van der Waals surface area contributed by atoms with Crippen LogP contribution in [0.5, 0.6) is 0 Å². The summed E-state index contributed by atoms with van der Waals surface area (Å²) in [4.78, 5) is 8.15. The van der Waals surface area contributed by atoms with Crippen LogP contribution in [0, 0.1) is 5.82 Å². The van der Waals surface area contributed by atoms with E-state index in [1.54, 1.807) is 12.4 Å². The molecule has 134 valence electrons. The molecule has 0 bridgehead atoms. The Morgan fingerprint density at radius 2 is 1.96 bits per heavy atom. The minimum Gasteiger partial charge on any atom is -0.395 e. The predicted molar refractivity (Wildman–Crippen MR) is 90.6 cm³/mol. The van der Waals surface area contributed by atoms with E-state index < -0.39 is 15.8 Å². The molecule has 1 aliphatic rings. The molecule has 1 saturated carbocycles. The number of anilines is 2. The van der Waals surface area contributed by atoms with Crippen LogP contribution in [0.25, 0.3) is 0 Å². The number of nitrogens with zero attached hydrogens (tertiary/aromatic N) is 2. The molecular weight excluding hydrogens is 347 g/mol.